The van der Waals surface area contributed by atoms with Gasteiger partial charge in [-0.2, -0.15) is 0 Å². The summed E-state index contributed by atoms with van der Waals surface area (Å²) < 4.78 is 5.24. The number of carbonyl (C=O) groups excluding carboxylic acids is 1. The Labute approximate surface area is 118 Å². The molecule has 1 aromatic heterocycles. The third-order valence-electron chi connectivity index (χ3n) is 4.34. The van der Waals surface area contributed by atoms with E-state index in [-0.39, 0.29) is 11.8 Å². The molecule has 0 aromatic carbocycles. The average Bonchev–Trinajstić information content (AvgIpc) is 2.84. The predicted molar refractivity (Wildman–Crippen MR) is 73.5 cm³/mol. The highest BCUT2D eigenvalue weighted by molar-refractivity contribution is 5.93. The Hall–Kier alpha value is -1.78. The van der Waals surface area contributed by atoms with Crippen LogP contribution in [0, 0.1) is 18.3 Å². The van der Waals surface area contributed by atoms with E-state index in [9.17, 15) is 14.7 Å². The summed E-state index contributed by atoms with van der Waals surface area (Å²) in [6, 6.07) is 1.76. The zero-order valence-corrected chi connectivity index (χ0v) is 12.2. The molecule has 0 radical (unpaired) electrons. The van der Waals surface area contributed by atoms with Crippen molar-refractivity contribution in [3.05, 3.63) is 23.7 Å². The number of rotatable bonds is 3. The number of nitrogens with zero attached hydrogens (tertiary/aromatic N) is 1. The van der Waals surface area contributed by atoms with E-state index in [0.29, 0.717) is 18.8 Å². The number of carboxylic acid groups (broad SMARTS) is 1. The van der Waals surface area contributed by atoms with Crippen molar-refractivity contribution in [3.8, 4) is 0 Å². The molecule has 0 aliphatic carbocycles. The van der Waals surface area contributed by atoms with Crippen LogP contribution in [0.2, 0.25) is 0 Å². The van der Waals surface area contributed by atoms with Crippen molar-refractivity contribution in [2.24, 2.45) is 11.3 Å². The maximum absolute atomic E-state index is 12.4. The van der Waals surface area contributed by atoms with Gasteiger partial charge >= 0.3 is 5.97 Å². The van der Waals surface area contributed by atoms with Gasteiger partial charge in [0.05, 0.1) is 11.7 Å². The quantitative estimate of drug-likeness (QED) is 0.923. The van der Waals surface area contributed by atoms with E-state index in [0.717, 1.165) is 18.4 Å². The van der Waals surface area contributed by atoms with Gasteiger partial charge in [-0.15, -0.1) is 0 Å². The van der Waals surface area contributed by atoms with E-state index in [1.165, 1.54) is 6.26 Å². The molecular weight excluding hydrogens is 258 g/mol. The van der Waals surface area contributed by atoms with Gasteiger partial charge in [-0.05, 0) is 45.6 Å². The van der Waals surface area contributed by atoms with Crippen LogP contribution in [0.1, 0.15) is 42.8 Å². The van der Waals surface area contributed by atoms with Crippen LogP contribution >= 0.6 is 0 Å². The maximum Gasteiger partial charge on any atom is 0.309 e. The number of likely N-dealkylation sites (tertiary alicyclic amines) is 1. The zero-order chi connectivity index (χ0) is 14.9. The average molecular weight is 279 g/mol. The molecule has 0 spiro atoms. The summed E-state index contributed by atoms with van der Waals surface area (Å²) in [5.74, 6) is -0.629. The molecule has 0 saturated carbocycles. The van der Waals surface area contributed by atoms with Crippen LogP contribution in [0.15, 0.2) is 16.7 Å². The van der Waals surface area contributed by atoms with Gasteiger partial charge < -0.3 is 14.4 Å². The molecule has 0 bridgehead atoms. The lowest BCUT2D eigenvalue weighted by atomic mass is 9.74. The van der Waals surface area contributed by atoms with Gasteiger partial charge in [0, 0.05) is 18.7 Å². The van der Waals surface area contributed by atoms with Gasteiger partial charge in [0.25, 0.3) is 5.91 Å². The Morgan fingerprint density at radius 1 is 1.45 bits per heavy atom. The fourth-order valence-corrected chi connectivity index (χ4v) is 2.66. The lowest BCUT2D eigenvalue weighted by Gasteiger charge is -2.39. The molecule has 1 atom stereocenters. The van der Waals surface area contributed by atoms with E-state index in [4.69, 9.17) is 4.42 Å². The first-order valence-electron chi connectivity index (χ1n) is 6.90. The molecule has 20 heavy (non-hydrogen) atoms. The summed E-state index contributed by atoms with van der Waals surface area (Å²) in [5, 5.41) is 9.32. The van der Waals surface area contributed by atoms with Gasteiger partial charge in [-0.25, -0.2) is 0 Å². The third-order valence-corrected chi connectivity index (χ3v) is 4.34. The van der Waals surface area contributed by atoms with Gasteiger partial charge in [0.2, 0.25) is 0 Å². The van der Waals surface area contributed by atoms with Crippen LogP contribution in [-0.4, -0.2) is 35.0 Å². The SMILES string of the molecule is Cc1ccoc1C(=O)N1CCCC(C(C)(C)C(=O)O)C1. The molecule has 2 rings (SSSR count). The summed E-state index contributed by atoms with van der Waals surface area (Å²) in [5.41, 5.74) is -0.00780. The van der Waals surface area contributed by atoms with Gasteiger partial charge in [-0.3, -0.25) is 9.59 Å². The van der Waals surface area contributed by atoms with Crippen molar-refractivity contribution >= 4 is 11.9 Å². The Bertz CT molecular complexity index is 518. The number of piperidine rings is 1. The van der Waals surface area contributed by atoms with E-state index in [1.54, 1.807) is 24.8 Å². The zero-order valence-electron chi connectivity index (χ0n) is 12.2. The van der Waals surface area contributed by atoms with E-state index < -0.39 is 11.4 Å². The third kappa shape index (κ3) is 2.57. The highest BCUT2D eigenvalue weighted by Gasteiger charge is 2.40. The molecular formula is C15H21NO4. The van der Waals surface area contributed by atoms with Crippen LogP contribution in [0.3, 0.4) is 0 Å². The van der Waals surface area contributed by atoms with Crippen molar-refractivity contribution in [1.29, 1.82) is 0 Å². The monoisotopic (exact) mass is 279 g/mol. The number of amides is 1. The second-order valence-electron chi connectivity index (χ2n) is 6.05. The molecule has 1 aliphatic heterocycles. The van der Waals surface area contributed by atoms with Crippen molar-refractivity contribution in [2.75, 3.05) is 13.1 Å². The van der Waals surface area contributed by atoms with Crippen molar-refractivity contribution in [2.45, 2.75) is 33.6 Å². The summed E-state index contributed by atoms with van der Waals surface area (Å²) in [6.07, 6.45) is 3.16. The van der Waals surface area contributed by atoms with Gasteiger partial charge in [0.1, 0.15) is 0 Å². The Morgan fingerprint density at radius 3 is 2.70 bits per heavy atom. The van der Waals surface area contributed by atoms with Crippen molar-refractivity contribution in [1.82, 2.24) is 4.90 Å². The summed E-state index contributed by atoms with van der Waals surface area (Å²) in [4.78, 5) is 25.5. The second-order valence-corrected chi connectivity index (χ2v) is 6.05. The smallest absolute Gasteiger partial charge is 0.309 e. The Morgan fingerprint density at radius 2 is 2.15 bits per heavy atom. The van der Waals surface area contributed by atoms with Crippen LogP contribution in [0.25, 0.3) is 0 Å². The summed E-state index contributed by atoms with van der Waals surface area (Å²) in [7, 11) is 0. The fraction of sp³-hybridized carbons (Fsp3) is 0.600. The molecule has 5 heteroatoms. The molecule has 1 amide bonds. The predicted octanol–water partition coefficient (Wildman–Crippen LogP) is 2.55. The summed E-state index contributed by atoms with van der Waals surface area (Å²) in [6.45, 7) is 6.42. The number of aliphatic carboxylic acids is 1. The normalized spacial score (nSPS) is 19.9. The number of furan rings is 1. The van der Waals surface area contributed by atoms with Crippen LogP contribution in [-0.2, 0) is 4.79 Å². The molecule has 1 fully saturated rings. The molecule has 5 nitrogen and oxygen atoms in total. The minimum atomic E-state index is -0.822. The Balaban J connectivity index is 2.13. The number of carboxylic acids is 1. The molecule has 1 N–H and O–H groups in total. The number of aryl methyl sites for hydroxylation is 1. The first kappa shape index (κ1) is 14.6. The highest BCUT2D eigenvalue weighted by Crippen LogP contribution is 2.34. The van der Waals surface area contributed by atoms with Crippen LogP contribution < -0.4 is 0 Å². The molecule has 110 valence electrons. The lowest BCUT2D eigenvalue weighted by Crippen LogP contribution is -2.46. The largest absolute Gasteiger partial charge is 0.481 e. The molecule has 1 unspecified atom stereocenters. The topological polar surface area (TPSA) is 70.8 Å². The molecule has 2 heterocycles. The van der Waals surface area contributed by atoms with Crippen molar-refractivity contribution < 1.29 is 19.1 Å². The molecule has 1 saturated heterocycles. The lowest BCUT2D eigenvalue weighted by molar-refractivity contribution is -0.151. The number of carbonyl (C=O) groups is 2. The standard InChI is InChI=1S/C15H21NO4/c1-10-6-8-20-12(10)13(17)16-7-4-5-11(9-16)15(2,3)14(18)19/h6,8,11H,4-5,7,9H2,1-3H3,(H,18,19). The number of hydrogen-bond acceptors (Lipinski definition) is 3. The minimum absolute atomic E-state index is 0.0343. The Kier molecular flexibility index (Phi) is 3.88. The maximum atomic E-state index is 12.4. The van der Waals surface area contributed by atoms with Gasteiger partial charge in [-0.1, -0.05) is 0 Å². The van der Waals surface area contributed by atoms with E-state index in [2.05, 4.69) is 0 Å². The first-order valence-corrected chi connectivity index (χ1v) is 6.90. The van der Waals surface area contributed by atoms with Crippen LogP contribution in [0.4, 0.5) is 0 Å². The molecule has 1 aliphatic rings. The fourth-order valence-electron chi connectivity index (χ4n) is 2.66. The van der Waals surface area contributed by atoms with E-state index in [1.807, 2.05) is 6.92 Å². The number of hydrogen-bond donors (Lipinski definition) is 1. The van der Waals surface area contributed by atoms with E-state index >= 15 is 0 Å². The van der Waals surface area contributed by atoms with Gasteiger partial charge in [0.15, 0.2) is 5.76 Å². The van der Waals surface area contributed by atoms with Crippen LogP contribution in [0.5, 0.6) is 0 Å². The molecule has 1 aromatic rings. The summed E-state index contributed by atoms with van der Waals surface area (Å²) >= 11 is 0. The highest BCUT2D eigenvalue weighted by atomic mass is 16.4. The second kappa shape index (κ2) is 5.31. The minimum Gasteiger partial charge on any atom is -0.481 e. The first-order chi connectivity index (χ1) is 9.34. The van der Waals surface area contributed by atoms with Crippen molar-refractivity contribution in [3.63, 3.8) is 0 Å².